The third-order valence-electron chi connectivity index (χ3n) is 4.84. The van der Waals surface area contributed by atoms with E-state index >= 15 is 0 Å². The molecule has 0 fully saturated rings. The molecule has 2 nitrogen and oxygen atoms in total. The predicted molar refractivity (Wildman–Crippen MR) is 90.6 cm³/mol. The van der Waals surface area contributed by atoms with Crippen molar-refractivity contribution in [2.45, 2.75) is 32.2 Å². The van der Waals surface area contributed by atoms with Gasteiger partial charge in [0.15, 0.2) is 0 Å². The summed E-state index contributed by atoms with van der Waals surface area (Å²) in [5.41, 5.74) is 5.11. The van der Waals surface area contributed by atoms with E-state index in [-0.39, 0.29) is 5.82 Å². The first-order valence-corrected chi connectivity index (χ1v) is 8.18. The molecule has 1 heterocycles. The summed E-state index contributed by atoms with van der Waals surface area (Å²) in [6.07, 6.45) is 4.56. The standard InChI is InChI=1S/C20H20FNO/c1-23-16-9-6-14(7-10-16)13-22-19-5-3-2-4-17(19)18-12-15(21)8-11-20(18)22/h6-12H,2-5,13H2,1H3. The molecule has 0 aliphatic heterocycles. The molecule has 0 N–H and O–H groups in total. The zero-order chi connectivity index (χ0) is 15.8. The predicted octanol–water partition coefficient (Wildman–Crippen LogP) is 4.72. The number of aromatic nitrogens is 1. The Morgan fingerprint density at radius 1 is 1.04 bits per heavy atom. The number of hydrogen-bond donors (Lipinski definition) is 0. The van der Waals surface area contributed by atoms with Gasteiger partial charge in [0.25, 0.3) is 0 Å². The van der Waals surface area contributed by atoms with Gasteiger partial charge in [-0.05, 0) is 67.1 Å². The summed E-state index contributed by atoms with van der Waals surface area (Å²) in [4.78, 5) is 0. The van der Waals surface area contributed by atoms with Crippen LogP contribution < -0.4 is 4.74 Å². The maximum Gasteiger partial charge on any atom is 0.123 e. The van der Waals surface area contributed by atoms with Crippen LogP contribution >= 0.6 is 0 Å². The molecule has 0 unspecified atom stereocenters. The van der Waals surface area contributed by atoms with E-state index in [1.54, 1.807) is 19.2 Å². The maximum absolute atomic E-state index is 13.7. The van der Waals surface area contributed by atoms with Crippen LogP contribution in [0.1, 0.15) is 29.7 Å². The molecule has 2 aromatic carbocycles. The molecule has 0 saturated carbocycles. The van der Waals surface area contributed by atoms with E-state index in [1.807, 2.05) is 18.2 Å². The minimum absolute atomic E-state index is 0.146. The molecule has 118 valence electrons. The molecule has 4 rings (SSSR count). The number of fused-ring (bicyclic) bond motifs is 3. The van der Waals surface area contributed by atoms with E-state index < -0.39 is 0 Å². The number of ether oxygens (including phenoxy) is 1. The average molecular weight is 309 g/mol. The highest BCUT2D eigenvalue weighted by Gasteiger charge is 2.20. The topological polar surface area (TPSA) is 14.2 Å². The Bertz CT molecular complexity index is 848. The lowest BCUT2D eigenvalue weighted by molar-refractivity contribution is 0.414. The summed E-state index contributed by atoms with van der Waals surface area (Å²) in [5.74, 6) is 0.725. The SMILES string of the molecule is COc1ccc(Cn2c3c(c4cc(F)ccc42)CCCC3)cc1. The summed E-state index contributed by atoms with van der Waals surface area (Å²) >= 11 is 0. The van der Waals surface area contributed by atoms with Gasteiger partial charge in [-0.15, -0.1) is 0 Å². The van der Waals surface area contributed by atoms with E-state index in [0.29, 0.717) is 0 Å². The molecule has 1 aliphatic rings. The summed E-state index contributed by atoms with van der Waals surface area (Å²) in [7, 11) is 1.68. The van der Waals surface area contributed by atoms with E-state index in [2.05, 4.69) is 16.7 Å². The van der Waals surface area contributed by atoms with Crippen LogP contribution in [0.15, 0.2) is 42.5 Å². The van der Waals surface area contributed by atoms with Crippen LogP contribution in [0.3, 0.4) is 0 Å². The minimum atomic E-state index is -0.146. The number of aryl methyl sites for hydroxylation is 1. The van der Waals surface area contributed by atoms with Gasteiger partial charge in [0.05, 0.1) is 7.11 Å². The number of hydrogen-bond acceptors (Lipinski definition) is 1. The van der Waals surface area contributed by atoms with Crippen molar-refractivity contribution in [2.75, 3.05) is 7.11 Å². The van der Waals surface area contributed by atoms with E-state index in [0.717, 1.165) is 36.0 Å². The Labute approximate surface area is 135 Å². The average Bonchev–Trinajstić information content (AvgIpc) is 2.89. The Kier molecular flexibility index (Phi) is 3.56. The number of benzene rings is 2. The lowest BCUT2D eigenvalue weighted by Gasteiger charge is -2.16. The summed E-state index contributed by atoms with van der Waals surface area (Å²) in [6.45, 7) is 0.821. The molecule has 23 heavy (non-hydrogen) atoms. The van der Waals surface area contributed by atoms with Gasteiger partial charge < -0.3 is 9.30 Å². The Morgan fingerprint density at radius 2 is 1.83 bits per heavy atom. The maximum atomic E-state index is 13.7. The lowest BCUT2D eigenvalue weighted by atomic mass is 9.95. The van der Waals surface area contributed by atoms with Gasteiger partial charge >= 0.3 is 0 Å². The van der Waals surface area contributed by atoms with Crippen LogP contribution in [0.2, 0.25) is 0 Å². The van der Waals surface area contributed by atoms with Crippen LogP contribution in [-0.4, -0.2) is 11.7 Å². The number of nitrogens with zero attached hydrogens (tertiary/aromatic N) is 1. The van der Waals surface area contributed by atoms with Crippen molar-refractivity contribution in [3.63, 3.8) is 0 Å². The molecular formula is C20H20FNO. The molecule has 3 aromatic rings. The van der Waals surface area contributed by atoms with Crippen LogP contribution in [-0.2, 0) is 19.4 Å². The van der Waals surface area contributed by atoms with Crippen molar-refractivity contribution in [3.05, 3.63) is 65.1 Å². The van der Waals surface area contributed by atoms with Gasteiger partial charge in [0.2, 0.25) is 0 Å². The third-order valence-corrected chi connectivity index (χ3v) is 4.84. The molecule has 1 aliphatic carbocycles. The van der Waals surface area contributed by atoms with Crippen LogP contribution in [0.4, 0.5) is 4.39 Å². The number of methoxy groups -OCH3 is 1. The summed E-state index contributed by atoms with van der Waals surface area (Å²) < 4.78 is 21.3. The highest BCUT2D eigenvalue weighted by Crippen LogP contribution is 2.33. The molecule has 0 radical (unpaired) electrons. The van der Waals surface area contributed by atoms with Gasteiger partial charge in [0, 0.05) is 23.1 Å². The van der Waals surface area contributed by atoms with Crippen molar-refractivity contribution in [2.24, 2.45) is 0 Å². The molecule has 3 heteroatoms. The number of rotatable bonds is 3. The zero-order valence-corrected chi connectivity index (χ0v) is 13.3. The van der Waals surface area contributed by atoms with E-state index in [9.17, 15) is 4.39 Å². The number of halogens is 1. The first-order chi connectivity index (χ1) is 11.3. The Morgan fingerprint density at radius 3 is 2.61 bits per heavy atom. The Balaban J connectivity index is 1.81. The fourth-order valence-electron chi connectivity index (χ4n) is 3.70. The molecule has 1 aromatic heterocycles. The smallest absolute Gasteiger partial charge is 0.123 e. The quantitative estimate of drug-likeness (QED) is 0.683. The first-order valence-electron chi connectivity index (χ1n) is 8.18. The van der Waals surface area contributed by atoms with Gasteiger partial charge in [-0.1, -0.05) is 12.1 Å². The van der Waals surface area contributed by atoms with Crippen molar-refractivity contribution in [1.82, 2.24) is 4.57 Å². The van der Waals surface area contributed by atoms with Crippen molar-refractivity contribution in [1.29, 1.82) is 0 Å². The fraction of sp³-hybridized carbons (Fsp3) is 0.300. The van der Waals surface area contributed by atoms with Crippen molar-refractivity contribution in [3.8, 4) is 5.75 Å². The third kappa shape index (κ3) is 2.50. The second-order valence-corrected chi connectivity index (χ2v) is 6.23. The molecule has 0 saturated heterocycles. The lowest BCUT2D eigenvalue weighted by Crippen LogP contribution is -2.09. The fourth-order valence-corrected chi connectivity index (χ4v) is 3.70. The highest BCUT2D eigenvalue weighted by atomic mass is 19.1. The van der Waals surface area contributed by atoms with Crippen molar-refractivity contribution >= 4 is 10.9 Å². The first kappa shape index (κ1) is 14.3. The second kappa shape index (κ2) is 5.73. The molecule has 0 bridgehead atoms. The molecule has 0 atom stereocenters. The second-order valence-electron chi connectivity index (χ2n) is 6.23. The van der Waals surface area contributed by atoms with Gasteiger partial charge in [-0.25, -0.2) is 4.39 Å². The Hall–Kier alpha value is -2.29. The van der Waals surface area contributed by atoms with Gasteiger partial charge in [0.1, 0.15) is 11.6 Å². The normalized spacial score (nSPS) is 14.0. The summed E-state index contributed by atoms with van der Waals surface area (Å²) in [5, 5.41) is 1.09. The largest absolute Gasteiger partial charge is 0.497 e. The van der Waals surface area contributed by atoms with Crippen LogP contribution in [0.25, 0.3) is 10.9 Å². The van der Waals surface area contributed by atoms with E-state index in [4.69, 9.17) is 4.74 Å². The molecule has 0 amide bonds. The molecule has 0 spiro atoms. The van der Waals surface area contributed by atoms with E-state index in [1.165, 1.54) is 29.7 Å². The highest BCUT2D eigenvalue weighted by molar-refractivity contribution is 5.86. The monoisotopic (exact) mass is 309 g/mol. The van der Waals surface area contributed by atoms with Crippen molar-refractivity contribution < 1.29 is 9.13 Å². The molecular weight excluding hydrogens is 289 g/mol. The minimum Gasteiger partial charge on any atom is -0.497 e. The van der Waals surface area contributed by atoms with Crippen LogP contribution in [0.5, 0.6) is 5.75 Å². The zero-order valence-electron chi connectivity index (χ0n) is 13.3. The van der Waals surface area contributed by atoms with Gasteiger partial charge in [-0.3, -0.25) is 0 Å². The van der Waals surface area contributed by atoms with Gasteiger partial charge in [-0.2, -0.15) is 0 Å². The summed E-state index contributed by atoms with van der Waals surface area (Å²) in [6, 6.07) is 13.4. The van der Waals surface area contributed by atoms with Crippen LogP contribution in [0, 0.1) is 5.82 Å².